The largest absolute Gasteiger partial charge is 0.377 e. The predicted octanol–water partition coefficient (Wildman–Crippen LogP) is 3.29. The number of amides is 1. The molecule has 0 spiro atoms. The fraction of sp³-hybridized carbons (Fsp3) is 0.250. The third-order valence-corrected chi connectivity index (χ3v) is 5.02. The second kappa shape index (κ2) is 7.71. The minimum Gasteiger partial charge on any atom is -0.377 e. The van der Waals surface area contributed by atoms with Gasteiger partial charge >= 0.3 is 0 Å². The Kier molecular flexibility index (Phi) is 5.13. The van der Waals surface area contributed by atoms with Crippen molar-refractivity contribution in [2.45, 2.75) is 13.0 Å². The van der Waals surface area contributed by atoms with Crippen molar-refractivity contribution in [1.29, 1.82) is 0 Å². The SMILES string of the molecule is C[C@H]1COCCN1c1nc(-c2ccc(C(=O)NO)cc2)nc2cc(Cl)ccc12. The van der Waals surface area contributed by atoms with Crippen LogP contribution in [0.4, 0.5) is 5.82 Å². The number of rotatable bonds is 3. The predicted molar refractivity (Wildman–Crippen MR) is 107 cm³/mol. The summed E-state index contributed by atoms with van der Waals surface area (Å²) in [6, 6.07) is 12.5. The van der Waals surface area contributed by atoms with Gasteiger partial charge in [0.25, 0.3) is 5.91 Å². The second-order valence-electron chi connectivity index (χ2n) is 6.67. The maximum Gasteiger partial charge on any atom is 0.274 e. The molecular formula is C20H19ClN4O3. The molecule has 1 amide bonds. The number of halogens is 1. The molecule has 144 valence electrons. The highest BCUT2D eigenvalue weighted by Gasteiger charge is 2.23. The average Bonchev–Trinajstić information content (AvgIpc) is 2.72. The number of anilines is 1. The topological polar surface area (TPSA) is 87.6 Å². The molecule has 1 aromatic heterocycles. The van der Waals surface area contributed by atoms with Gasteiger partial charge in [-0.25, -0.2) is 15.4 Å². The van der Waals surface area contributed by atoms with Gasteiger partial charge in [-0.15, -0.1) is 0 Å². The Labute approximate surface area is 166 Å². The zero-order chi connectivity index (χ0) is 19.7. The molecule has 2 heterocycles. The third-order valence-electron chi connectivity index (χ3n) is 4.79. The zero-order valence-corrected chi connectivity index (χ0v) is 16.0. The Morgan fingerprint density at radius 2 is 2.04 bits per heavy atom. The molecule has 3 aromatic rings. The zero-order valence-electron chi connectivity index (χ0n) is 15.2. The molecule has 0 aliphatic carbocycles. The number of fused-ring (bicyclic) bond motifs is 1. The number of carbonyl (C=O) groups excluding carboxylic acids is 1. The first-order chi connectivity index (χ1) is 13.6. The number of morpholine rings is 1. The second-order valence-corrected chi connectivity index (χ2v) is 7.10. The number of benzene rings is 2. The molecule has 0 saturated carbocycles. The highest BCUT2D eigenvalue weighted by atomic mass is 35.5. The van der Waals surface area contributed by atoms with Crippen LogP contribution < -0.4 is 10.4 Å². The van der Waals surface area contributed by atoms with Crippen molar-refractivity contribution in [2.24, 2.45) is 0 Å². The summed E-state index contributed by atoms with van der Waals surface area (Å²) in [5.74, 6) is 0.810. The first-order valence-corrected chi connectivity index (χ1v) is 9.31. The molecule has 1 saturated heterocycles. The van der Waals surface area contributed by atoms with Gasteiger partial charge in [-0.2, -0.15) is 0 Å². The number of nitrogens with one attached hydrogen (secondary N) is 1. The van der Waals surface area contributed by atoms with E-state index < -0.39 is 5.91 Å². The van der Waals surface area contributed by atoms with E-state index in [1.54, 1.807) is 29.7 Å². The van der Waals surface area contributed by atoms with Crippen LogP contribution in [0.1, 0.15) is 17.3 Å². The summed E-state index contributed by atoms with van der Waals surface area (Å²) < 4.78 is 5.56. The van der Waals surface area contributed by atoms with E-state index in [1.165, 1.54) is 0 Å². The smallest absolute Gasteiger partial charge is 0.274 e. The molecule has 1 atom stereocenters. The van der Waals surface area contributed by atoms with Crippen LogP contribution in [-0.4, -0.2) is 46.9 Å². The Balaban J connectivity index is 1.83. The van der Waals surface area contributed by atoms with E-state index >= 15 is 0 Å². The molecule has 1 aliphatic heterocycles. The number of ether oxygens (including phenoxy) is 1. The van der Waals surface area contributed by atoms with Crippen LogP contribution in [0.5, 0.6) is 0 Å². The van der Waals surface area contributed by atoms with E-state index in [2.05, 4.69) is 16.8 Å². The minimum atomic E-state index is -0.569. The van der Waals surface area contributed by atoms with Crippen LogP contribution in [0.25, 0.3) is 22.3 Å². The molecule has 2 N–H and O–H groups in total. The number of nitrogens with zero attached hydrogens (tertiary/aromatic N) is 3. The van der Waals surface area contributed by atoms with Gasteiger partial charge in [-0.05, 0) is 37.3 Å². The lowest BCUT2D eigenvalue weighted by molar-refractivity contribution is 0.0706. The van der Waals surface area contributed by atoms with Gasteiger partial charge in [-0.3, -0.25) is 10.0 Å². The van der Waals surface area contributed by atoms with Gasteiger partial charge < -0.3 is 9.64 Å². The summed E-state index contributed by atoms with van der Waals surface area (Å²) in [7, 11) is 0. The van der Waals surface area contributed by atoms with Gasteiger partial charge in [0.1, 0.15) is 5.82 Å². The summed E-state index contributed by atoms with van der Waals surface area (Å²) in [4.78, 5) is 23.3. The molecule has 0 bridgehead atoms. The first kappa shape index (κ1) is 18.6. The third kappa shape index (κ3) is 3.52. The van der Waals surface area contributed by atoms with Crippen molar-refractivity contribution in [1.82, 2.24) is 15.4 Å². The molecule has 0 radical (unpaired) electrons. The van der Waals surface area contributed by atoms with Gasteiger partial charge in [0.05, 0.1) is 24.8 Å². The number of carbonyl (C=O) groups is 1. The number of aromatic nitrogens is 2. The molecule has 7 nitrogen and oxygen atoms in total. The number of hydrogen-bond acceptors (Lipinski definition) is 6. The molecule has 4 rings (SSSR count). The first-order valence-electron chi connectivity index (χ1n) is 8.93. The van der Waals surface area contributed by atoms with Gasteiger partial charge in [0.15, 0.2) is 5.82 Å². The van der Waals surface area contributed by atoms with Crippen molar-refractivity contribution < 1.29 is 14.7 Å². The summed E-state index contributed by atoms with van der Waals surface area (Å²) in [5, 5.41) is 10.3. The minimum absolute atomic E-state index is 0.186. The molecule has 2 aromatic carbocycles. The Morgan fingerprint density at radius 1 is 1.25 bits per heavy atom. The maximum absolute atomic E-state index is 11.5. The molecule has 28 heavy (non-hydrogen) atoms. The lowest BCUT2D eigenvalue weighted by atomic mass is 10.1. The highest BCUT2D eigenvalue weighted by molar-refractivity contribution is 6.31. The standard InChI is InChI=1S/C20H19ClN4O3/c1-12-11-28-9-8-25(12)19-16-7-6-15(21)10-17(16)22-18(23-19)13-2-4-14(5-3-13)20(26)24-27/h2-7,10,12,27H,8-9,11H2,1H3,(H,24,26)/t12-/m0/s1. The van der Waals surface area contributed by atoms with E-state index in [0.29, 0.717) is 29.6 Å². The highest BCUT2D eigenvalue weighted by Crippen LogP contribution is 2.31. The maximum atomic E-state index is 11.5. The molecular weight excluding hydrogens is 380 g/mol. The quantitative estimate of drug-likeness (QED) is 0.520. The Morgan fingerprint density at radius 3 is 2.75 bits per heavy atom. The molecule has 8 heteroatoms. The summed E-state index contributed by atoms with van der Waals surface area (Å²) in [6.45, 7) is 4.12. The van der Waals surface area contributed by atoms with Crippen LogP contribution in [0, 0.1) is 0 Å². The fourth-order valence-electron chi connectivity index (χ4n) is 3.31. The van der Waals surface area contributed by atoms with E-state index in [1.807, 2.05) is 18.2 Å². The van der Waals surface area contributed by atoms with E-state index in [9.17, 15) is 4.79 Å². The van der Waals surface area contributed by atoms with Crippen LogP contribution >= 0.6 is 11.6 Å². The summed E-state index contributed by atoms with van der Waals surface area (Å²) >= 11 is 6.19. The molecule has 1 fully saturated rings. The van der Waals surface area contributed by atoms with Crippen LogP contribution in [0.3, 0.4) is 0 Å². The number of hydroxylamine groups is 1. The van der Waals surface area contributed by atoms with Crippen LogP contribution in [-0.2, 0) is 4.74 Å². The van der Waals surface area contributed by atoms with Gasteiger partial charge in [-0.1, -0.05) is 23.7 Å². The summed E-state index contributed by atoms with van der Waals surface area (Å²) in [5.41, 5.74) is 3.48. The van der Waals surface area contributed by atoms with E-state index in [4.69, 9.17) is 26.5 Å². The van der Waals surface area contributed by atoms with Crippen molar-refractivity contribution in [3.8, 4) is 11.4 Å². The van der Waals surface area contributed by atoms with Crippen molar-refractivity contribution in [2.75, 3.05) is 24.7 Å². The van der Waals surface area contributed by atoms with E-state index in [-0.39, 0.29) is 6.04 Å². The molecule has 1 aliphatic rings. The normalized spacial score (nSPS) is 17.0. The van der Waals surface area contributed by atoms with E-state index in [0.717, 1.165) is 28.8 Å². The van der Waals surface area contributed by atoms with Crippen molar-refractivity contribution in [3.05, 3.63) is 53.1 Å². The molecule has 0 unspecified atom stereocenters. The van der Waals surface area contributed by atoms with Crippen LogP contribution in [0.15, 0.2) is 42.5 Å². The van der Waals surface area contributed by atoms with Gasteiger partial charge in [0, 0.05) is 28.1 Å². The Hall–Kier alpha value is -2.74. The summed E-state index contributed by atoms with van der Waals surface area (Å²) in [6.07, 6.45) is 0. The van der Waals surface area contributed by atoms with Gasteiger partial charge in [0.2, 0.25) is 0 Å². The Bertz CT molecular complexity index is 1030. The lowest BCUT2D eigenvalue weighted by Gasteiger charge is -2.35. The van der Waals surface area contributed by atoms with Crippen molar-refractivity contribution in [3.63, 3.8) is 0 Å². The van der Waals surface area contributed by atoms with Crippen LogP contribution in [0.2, 0.25) is 5.02 Å². The lowest BCUT2D eigenvalue weighted by Crippen LogP contribution is -2.44. The fourth-order valence-corrected chi connectivity index (χ4v) is 3.48. The number of hydrogen-bond donors (Lipinski definition) is 2. The monoisotopic (exact) mass is 398 g/mol. The average molecular weight is 399 g/mol. The van der Waals surface area contributed by atoms with Crippen molar-refractivity contribution >= 4 is 34.2 Å².